The zero-order valence-electron chi connectivity index (χ0n) is 11.2. The van der Waals surface area contributed by atoms with Gasteiger partial charge in [-0.1, -0.05) is 18.2 Å². The average molecular weight is 260 g/mol. The van der Waals surface area contributed by atoms with Gasteiger partial charge in [-0.25, -0.2) is 0 Å². The number of aromatic nitrogens is 2. The molecule has 0 saturated heterocycles. The van der Waals surface area contributed by atoms with Gasteiger partial charge in [0, 0.05) is 26.5 Å². The van der Waals surface area contributed by atoms with E-state index in [1.54, 1.807) is 21.1 Å². The van der Waals surface area contributed by atoms with Crippen molar-refractivity contribution >= 4 is 22.7 Å². The first kappa shape index (κ1) is 13.1. The normalized spacial score (nSPS) is 10.5. The fourth-order valence-electron chi connectivity index (χ4n) is 1.72. The van der Waals surface area contributed by atoms with E-state index in [-0.39, 0.29) is 18.4 Å². The van der Waals surface area contributed by atoms with E-state index in [2.05, 4.69) is 10.2 Å². The van der Waals surface area contributed by atoms with Crippen LogP contribution in [0.4, 0.5) is 0 Å². The molecule has 2 aromatic rings. The SMILES string of the molecule is CN(C)C(=O)CN(C)C(=O)c1n[nH]c2ccccc12. The maximum Gasteiger partial charge on any atom is 0.275 e. The maximum atomic E-state index is 12.3. The third kappa shape index (κ3) is 2.57. The van der Waals surface area contributed by atoms with Crippen molar-refractivity contribution in [3.05, 3.63) is 30.0 Å². The lowest BCUT2D eigenvalue weighted by Gasteiger charge is -2.18. The number of carbonyl (C=O) groups excluding carboxylic acids is 2. The van der Waals surface area contributed by atoms with Crippen LogP contribution in [0.2, 0.25) is 0 Å². The minimum atomic E-state index is -0.271. The summed E-state index contributed by atoms with van der Waals surface area (Å²) in [4.78, 5) is 26.7. The molecule has 1 N–H and O–H groups in total. The van der Waals surface area contributed by atoms with E-state index in [4.69, 9.17) is 0 Å². The molecule has 100 valence electrons. The van der Waals surface area contributed by atoms with Gasteiger partial charge < -0.3 is 9.80 Å². The summed E-state index contributed by atoms with van der Waals surface area (Å²) in [6.45, 7) is 0.0347. The van der Waals surface area contributed by atoms with Crippen molar-refractivity contribution in [2.24, 2.45) is 0 Å². The van der Waals surface area contributed by atoms with Gasteiger partial charge in [0.15, 0.2) is 5.69 Å². The van der Waals surface area contributed by atoms with E-state index in [9.17, 15) is 9.59 Å². The van der Waals surface area contributed by atoms with Crippen LogP contribution < -0.4 is 0 Å². The summed E-state index contributed by atoms with van der Waals surface area (Å²) in [7, 11) is 4.91. The molecule has 19 heavy (non-hydrogen) atoms. The Bertz CT molecular complexity index is 618. The molecule has 6 heteroatoms. The molecular formula is C13H16N4O2. The van der Waals surface area contributed by atoms with Crippen LogP contribution in [-0.4, -0.2) is 59.5 Å². The molecule has 1 aromatic heterocycles. The Morgan fingerprint density at radius 2 is 1.89 bits per heavy atom. The smallest absolute Gasteiger partial charge is 0.275 e. The average Bonchev–Trinajstić information content (AvgIpc) is 2.81. The molecule has 0 aliphatic carbocycles. The number of nitrogens with one attached hydrogen (secondary N) is 1. The van der Waals surface area contributed by atoms with Gasteiger partial charge >= 0.3 is 0 Å². The summed E-state index contributed by atoms with van der Waals surface area (Å²) in [5.41, 5.74) is 1.14. The molecule has 2 amide bonds. The van der Waals surface area contributed by atoms with Crippen LogP contribution in [0.25, 0.3) is 10.9 Å². The largest absolute Gasteiger partial charge is 0.347 e. The summed E-state index contributed by atoms with van der Waals surface area (Å²) in [6.07, 6.45) is 0. The van der Waals surface area contributed by atoms with E-state index in [1.165, 1.54) is 9.80 Å². The van der Waals surface area contributed by atoms with Crippen LogP contribution >= 0.6 is 0 Å². The van der Waals surface area contributed by atoms with Crippen molar-refractivity contribution in [3.8, 4) is 0 Å². The third-order valence-electron chi connectivity index (χ3n) is 2.89. The predicted molar refractivity (Wildman–Crippen MR) is 71.7 cm³/mol. The van der Waals surface area contributed by atoms with Gasteiger partial charge in [0.1, 0.15) is 0 Å². The Hall–Kier alpha value is -2.37. The highest BCUT2D eigenvalue weighted by Gasteiger charge is 2.20. The molecule has 1 heterocycles. The fraction of sp³-hybridized carbons (Fsp3) is 0.308. The lowest BCUT2D eigenvalue weighted by molar-refractivity contribution is -0.129. The summed E-state index contributed by atoms with van der Waals surface area (Å²) in [5.74, 6) is -0.400. The Morgan fingerprint density at radius 3 is 2.58 bits per heavy atom. The van der Waals surface area contributed by atoms with Crippen molar-refractivity contribution in [1.82, 2.24) is 20.0 Å². The molecule has 0 atom stereocenters. The standard InChI is InChI=1S/C13H16N4O2/c1-16(2)11(18)8-17(3)13(19)12-9-6-4-5-7-10(9)14-15-12/h4-7H,8H2,1-3H3,(H,14,15). The quantitative estimate of drug-likeness (QED) is 0.884. The summed E-state index contributed by atoms with van der Waals surface area (Å²) in [6, 6.07) is 7.39. The zero-order chi connectivity index (χ0) is 14.0. The van der Waals surface area contributed by atoms with E-state index in [0.717, 1.165) is 10.9 Å². The van der Waals surface area contributed by atoms with Gasteiger partial charge in [-0.3, -0.25) is 14.7 Å². The minimum absolute atomic E-state index is 0.0347. The molecule has 0 aliphatic heterocycles. The van der Waals surface area contributed by atoms with Crippen molar-refractivity contribution in [2.45, 2.75) is 0 Å². The van der Waals surface area contributed by atoms with Crippen LogP contribution in [0.1, 0.15) is 10.5 Å². The van der Waals surface area contributed by atoms with Crippen molar-refractivity contribution in [1.29, 1.82) is 0 Å². The number of rotatable bonds is 3. The molecule has 1 aromatic carbocycles. The Kier molecular flexibility index (Phi) is 3.50. The Morgan fingerprint density at radius 1 is 1.21 bits per heavy atom. The monoisotopic (exact) mass is 260 g/mol. The first-order valence-electron chi connectivity index (χ1n) is 5.89. The third-order valence-corrected chi connectivity index (χ3v) is 2.89. The number of hydrogen-bond donors (Lipinski definition) is 1. The first-order valence-corrected chi connectivity index (χ1v) is 5.89. The number of benzene rings is 1. The van der Waals surface area contributed by atoms with Crippen LogP contribution in [0.5, 0.6) is 0 Å². The number of nitrogens with zero attached hydrogens (tertiary/aromatic N) is 3. The van der Waals surface area contributed by atoms with Crippen LogP contribution in [0.3, 0.4) is 0 Å². The number of para-hydroxylation sites is 1. The highest BCUT2D eigenvalue weighted by Crippen LogP contribution is 2.16. The molecule has 0 fully saturated rings. The maximum absolute atomic E-state index is 12.3. The molecule has 6 nitrogen and oxygen atoms in total. The molecule has 0 saturated carbocycles. The lowest BCUT2D eigenvalue weighted by atomic mass is 10.2. The second-order valence-corrected chi connectivity index (χ2v) is 4.57. The molecule has 2 rings (SSSR count). The van der Waals surface area contributed by atoms with Crippen LogP contribution in [-0.2, 0) is 4.79 Å². The van der Waals surface area contributed by atoms with Gasteiger partial charge in [-0.2, -0.15) is 5.10 Å². The van der Waals surface area contributed by atoms with Crippen molar-refractivity contribution in [3.63, 3.8) is 0 Å². The molecule has 0 unspecified atom stereocenters. The lowest BCUT2D eigenvalue weighted by Crippen LogP contribution is -2.37. The number of carbonyl (C=O) groups is 2. The van der Waals surface area contributed by atoms with E-state index < -0.39 is 0 Å². The van der Waals surface area contributed by atoms with Crippen LogP contribution in [0.15, 0.2) is 24.3 Å². The van der Waals surface area contributed by atoms with Crippen molar-refractivity contribution < 1.29 is 9.59 Å². The Balaban J connectivity index is 2.22. The van der Waals surface area contributed by atoms with Crippen LogP contribution in [0, 0.1) is 0 Å². The number of amides is 2. The number of aromatic amines is 1. The summed E-state index contributed by atoms with van der Waals surface area (Å²) >= 11 is 0. The molecule has 0 radical (unpaired) electrons. The van der Waals surface area contributed by atoms with Gasteiger partial charge in [0.05, 0.1) is 12.1 Å². The number of likely N-dealkylation sites (N-methyl/N-ethyl adjacent to an activating group) is 2. The number of H-pyrrole nitrogens is 1. The minimum Gasteiger partial charge on any atom is -0.347 e. The highest BCUT2D eigenvalue weighted by atomic mass is 16.2. The summed E-state index contributed by atoms with van der Waals surface area (Å²) < 4.78 is 0. The number of hydrogen-bond acceptors (Lipinski definition) is 3. The predicted octanol–water partition coefficient (Wildman–Crippen LogP) is 0.723. The van der Waals surface area contributed by atoms with Gasteiger partial charge in [0.2, 0.25) is 5.91 Å². The van der Waals surface area contributed by atoms with E-state index in [1.807, 2.05) is 24.3 Å². The van der Waals surface area contributed by atoms with E-state index >= 15 is 0 Å². The Labute approximate surface area is 111 Å². The molecule has 0 spiro atoms. The number of fused-ring (bicyclic) bond motifs is 1. The molecule has 0 bridgehead atoms. The fourth-order valence-corrected chi connectivity index (χ4v) is 1.72. The van der Waals surface area contributed by atoms with Crippen molar-refractivity contribution in [2.75, 3.05) is 27.7 Å². The van der Waals surface area contributed by atoms with Gasteiger partial charge in [-0.05, 0) is 6.07 Å². The highest BCUT2D eigenvalue weighted by molar-refractivity contribution is 6.05. The molecular weight excluding hydrogens is 244 g/mol. The second kappa shape index (κ2) is 5.09. The zero-order valence-corrected chi connectivity index (χ0v) is 11.2. The second-order valence-electron chi connectivity index (χ2n) is 4.57. The topological polar surface area (TPSA) is 69.3 Å². The first-order chi connectivity index (χ1) is 9.00. The van der Waals surface area contributed by atoms with E-state index in [0.29, 0.717) is 5.69 Å². The van der Waals surface area contributed by atoms with Gasteiger partial charge in [-0.15, -0.1) is 0 Å². The summed E-state index contributed by atoms with van der Waals surface area (Å²) in [5, 5.41) is 7.60. The van der Waals surface area contributed by atoms with Gasteiger partial charge in [0.25, 0.3) is 5.91 Å². The molecule has 0 aliphatic rings.